The molecule has 0 saturated carbocycles. The molecule has 0 aliphatic heterocycles. The number of nitrogens with one attached hydrogen (secondary N) is 2. The third-order valence-corrected chi connectivity index (χ3v) is 2.42. The predicted octanol–water partition coefficient (Wildman–Crippen LogP) is 1.20. The first-order valence-electron chi connectivity index (χ1n) is 5.33. The van der Waals surface area contributed by atoms with Crippen molar-refractivity contribution in [3.8, 4) is 11.8 Å². The van der Waals surface area contributed by atoms with Crippen molar-refractivity contribution in [2.45, 2.75) is 0 Å². The molecular weight excluding hydrogens is 246 g/mol. The van der Waals surface area contributed by atoms with Gasteiger partial charge in [0, 0.05) is 18.0 Å². The molecular formula is C13H9N3O3. The minimum absolute atomic E-state index is 0.0380. The highest BCUT2D eigenvalue weighted by Crippen LogP contribution is 2.15. The van der Waals surface area contributed by atoms with E-state index >= 15 is 0 Å². The number of carbonyl (C=O) groups excluding carboxylic acids is 1. The van der Waals surface area contributed by atoms with E-state index in [9.17, 15) is 14.7 Å². The van der Waals surface area contributed by atoms with Gasteiger partial charge in [0.1, 0.15) is 5.75 Å². The van der Waals surface area contributed by atoms with Gasteiger partial charge < -0.3 is 15.4 Å². The summed E-state index contributed by atoms with van der Waals surface area (Å²) in [5.74, 6) is -0.951. The van der Waals surface area contributed by atoms with Gasteiger partial charge in [-0.15, -0.1) is 0 Å². The minimum Gasteiger partial charge on any atom is -0.507 e. The Kier molecular flexibility index (Phi) is 3.30. The number of aromatic hydroxyl groups is 1. The van der Waals surface area contributed by atoms with Crippen molar-refractivity contribution in [1.29, 1.82) is 5.26 Å². The third-order valence-electron chi connectivity index (χ3n) is 2.42. The Hall–Kier alpha value is -3.07. The average molecular weight is 255 g/mol. The van der Waals surface area contributed by atoms with E-state index in [0.29, 0.717) is 11.3 Å². The van der Waals surface area contributed by atoms with E-state index < -0.39 is 17.2 Å². The average Bonchev–Trinajstić information content (AvgIpc) is 2.39. The molecule has 0 aliphatic carbocycles. The number of nitriles is 1. The number of aromatic nitrogens is 1. The zero-order chi connectivity index (χ0) is 13.8. The lowest BCUT2D eigenvalue weighted by atomic mass is 10.2. The highest BCUT2D eigenvalue weighted by molar-refractivity contribution is 6.05. The van der Waals surface area contributed by atoms with Crippen LogP contribution in [0.1, 0.15) is 15.9 Å². The molecule has 0 unspecified atom stereocenters. The van der Waals surface area contributed by atoms with E-state index in [-0.39, 0.29) is 5.56 Å². The Balaban J connectivity index is 2.21. The van der Waals surface area contributed by atoms with E-state index in [1.807, 2.05) is 6.07 Å². The third kappa shape index (κ3) is 2.79. The van der Waals surface area contributed by atoms with Crippen molar-refractivity contribution in [1.82, 2.24) is 4.98 Å². The molecule has 3 N–H and O–H groups in total. The van der Waals surface area contributed by atoms with Crippen LogP contribution in [0.5, 0.6) is 5.75 Å². The lowest BCUT2D eigenvalue weighted by molar-refractivity contribution is 0.102. The second-order valence-electron chi connectivity index (χ2n) is 3.74. The Bertz CT molecular complexity index is 711. The van der Waals surface area contributed by atoms with Crippen molar-refractivity contribution in [3.05, 3.63) is 58.0 Å². The minimum atomic E-state index is -0.557. The van der Waals surface area contributed by atoms with Gasteiger partial charge in [-0.05, 0) is 24.3 Å². The molecule has 1 heterocycles. The lowest BCUT2D eigenvalue weighted by Crippen LogP contribution is -2.15. The molecule has 0 fully saturated rings. The fourth-order valence-electron chi connectivity index (χ4n) is 1.47. The van der Waals surface area contributed by atoms with Gasteiger partial charge in [0.15, 0.2) is 0 Å². The van der Waals surface area contributed by atoms with Crippen molar-refractivity contribution in [2.75, 3.05) is 5.32 Å². The summed E-state index contributed by atoms with van der Waals surface area (Å²) in [6.07, 6.45) is 1.14. The number of aromatic amines is 1. The maximum Gasteiger partial charge on any atom is 0.260 e. The Morgan fingerprint density at radius 1 is 1.32 bits per heavy atom. The summed E-state index contributed by atoms with van der Waals surface area (Å²) in [7, 11) is 0. The zero-order valence-corrected chi connectivity index (χ0v) is 9.68. The topological polar surface area (TPSA) is 106 Å². The van der Waals surface area contributed by atoms with E-state index in [2.05, 4.69) is 10.3 Å². The summed E-state index contributed by atoms with van der Waals surface area (Å²) >= 11 is 0. The monoisotopic (exact) mass is 255 g/mol. The van der Waals surface area contributed by atoms with Gasteiger partial charge in [-0.1, -0.05) is 0 Å². The van der Waals surface area contributed by atoms with Gasteiger partial charge in [-0.25, -0.2) is 0 Å². The highest BCUT2D eigenvalue weighted by Gasteiger charge is 2.11. The maximum absolute atomic E-state index is 11.8. The van der Waals surface area contributed by atoms with E-state index in [1.54, 1.807) is 24.3 Å². The van der Waals surface area contributed by atoms with E-state index in [4.69, 9.17) is 5.26 Å². The number of carbonyl (C=O) groups is 1. The standard InChI is InChI=1S/C13H9N3O3/c14-6-8-1-3-9(4-2-8)16-13(19)10-7-15-12(18)5-11(10)17/h1-5,7H,(H,16,19)(H2,15,17,18). The smallest absolute Gasteiger partial charge is 0.260 e. The fourth-order valence-corrected chi connectivity index (χ4v) is 1.47. The molecule has 0 radical (unpaired) electrons. The zero-order valence-electron chi connectivity index (χ0n) is 9.68. The second-order valence-corrected chi connectivity index (χ2v) is 3.74. The van der Waals surface area contributed by atoms with E-state index in [1.165, 1.54) is 0 Å². The maximum atomic E-state index is 11.8. The fraction of sp³-hybridized carbons (Fsp3) is 0. The summed E-state index contributed by atoms with van der Waals surface area (Å²) < 4.78 is 0. The number of hydrogen-bond donors (Lipinski definition) is 3. The van der Waals surface area contributed by atoms with Crippen LogP contribution in [0.4, 0.5) is 5.69 Å². The van der Waals surface area contributed by atoms with E-state index in [0.717, 1.165) is 12.3 Å². The van der Waals surface area contributed by atoms with Crippen LogP contribution in [0, 0.1) is 11.3 Å². The normalized spacial score (nSPS) is 9.63. The van der Waals surface area contributed by atoms with Crippen LogP contribution in [-0.4, -0.2) is 16.0 Å². The summed E-state index contributed by atoms with van der Waals surface area (Å²) in [5, 5.41) is 20.7. The van der Waals surface area contributed by atoms with Crippen molar-refractivity contribution in [2.24, 2.45) is 0 Å². The molecule has 94 valence electrons. The van der Waals surface area contributed by atoms with Crippen molar-refractivity contribution < 1.29 is 9.90 Å². The molecule has 6 nitrogen and oxygen atoms in total. The number of amides is 1. The first-order chi connectivity index (χ1) is 9.10. The molecule has 0 bridgehead atoms. The molecule has 2 aromatic rings. The summed E-state index contributed by atoms with van der Waals surface area (Å²) in [6.45, 7) is 0. The Labute approximate surface area is 107 Å². The van der Waals surface area contributed by atoms with Gasteiger partial charge in [0.05, 0.1) is 17.2 Å². The number of anilines is 1. The molecule has 1 aromatic heterocycles. The predicted molar refractivity (Wildman–Crippen MR) is 67.8 cm³/mol. The number of pyridine rings is 1. The van der Waals surface area contributed by atoms with Crippen molar-refractivity contribution in [3.63, 3.8) is 0 Å². The van der Waals surface area contributed by atoms with Crippen LogP contribution in [-0.2, 0) is 0 Å². The molecule has 1 aromatic carbocycles. The first-order valence-corrected chi connectivity index (χ1v) is 5.33. The van der Waals surface area contributed by atoms with Gasteiger partial charge in [-0.2, -0.15) is 5.26 Å². The van der Waals surface area contributed by atoms with Crippen LogP contribution in [0.3, 0.4) is 0 Å². The van der Waals surface area contributed by atoms with Crippen LogP contribution in [0.15, 0.2) is 41.3 Å². The largest absolute Gasteiger partial charge is 0.507 e. The molecule has 0 atom stereocenters. The van der Waals surface area contributed by atoms with Crippen LogP contribution in [0.25, 0.3) is 0 Å². The Morgan fingerprint density at radius 2 is 2.00 bits per heavy atom. The first kappa shape index (κ1) is 12.4. The number of benzene rings is 1. The van der Waals surface area contributed by atoms with Crippen molar-refractivity contribution >= 4 is 11.6 Å². The number of nitrogens with zero attached hydrogens (tertiary/aromatic N) is 1. The van der Waals surface area contributed by atoms with Gasteiger partial charge in [0.25, 0.3) is 11.5 Å². The summed E-state index contributed by atoms with van der Waals surface area (Å²) in [6, 6.07) is 9.14. The number of H-pyrrole nitrogens is 1. The van der Waals surface area contributed by atoms with Crippen LogP contribution < -0.4 is 10.9 Å². The molecule has 0 saturated heterocycles. The van der Waals surface area contributed by atoms with Crippen LogP contribution in [0.2, 0.25) is 0 Å². The van der Waals surface area contributed by atoms with Crippen LogP contribution >= 0.6 is 0 Å². The molecule has 0 aliphatic rings. The number of rotatable bonds is 2. The summed E-state index contributed by atoms with van der Waals surface area (Å²) in [5.41, 5.74) is 0.427. The number of hydrogen-bond acceptors (Lipinski definition) is 4. The molecule has 1 amide bonds. The van der Waals surface area contributed by atoms with Gasteiger partial charge in [-0.3, -0.25) is 9.59 Å². The molecule has 6 heteroatoms. The Morgan fingerprint density at radius 3 is 2.58 bits per heavy atom. The highest BCUT2D eigenvalue weighted by atomic mass is 16.3. The molecule has 19 heavy (non-hydrogen) atoms. The summed E-state index contributed by atoms with van der Waals surface area (Å²) in [4.78, 5) is 25.1. The van der Waals surface area contributed by atoms with Gasteiger partial charge >= 0.3 is 0 Å². The quantitative estimate of drug-likeness (QED) is 0.749. The SMILES string of the molecule is N#Cc1ccc(NC(=O)c2c[nH]c(=O)cc2O)cc1. The molecule has 2 rings (SSSR count). The molecule has 0 spiro atoms. The van der Waals surface area contributed by atoms with Gasteiger partial charge in [0.2, 0.25) is 0 Å². The second kappa shape index (κ2) is 5.06. The lowest BCUT2D eigenvalue weighted by Gasteiger charge is -2.06.